The molecule has 0 aliphatic heterocycles. The first-order chi connectivity index (χ1) is 11.2. The third kappa shape index (κ3) is 4.59. The molecule has 0 amide bonds. The second-order valence-corrected chi connectivity index (χ2v) is 5.71. The average molecular weight is 312 g/mol. The Bertz CT molecular complexity index is 686. The van der Waals surface area contributed by atoms with Crippen molar-refractivity contribution in [3.63, 3.8) is 0 Å². The summed E-state index contributed by atoms with van der Waals surface area (Å²) in [4.78, 5) is 0. The Morgan fingerprint density at radius 3 is 2.52 bits per heavy atom. The molecule has 23 heavy (non-hydrogen) atoms. The summed E-state index contributed by atoms with van der Waals surface area (Å²) in [5, 5.41) is 0. The van der Waals surface area contributed by atoms with Crippen LogP contribution in [0.1, 0.15) is 30.9 Å². The lowest BCUT2D eigenvalue weighted by atomic mass is 10.1. The fourth-order valence-electron chi connectivity index (χ4n) is 2.53. The first-order valence-corrected chi connectivity index (χ1v) is 8.04. The summed E-state index contributed by atoms with van der Waals surface area (Å²) in [5.74, 6) is 1.27. The lowest BCUT2D eigenvalue weighted by Gasteiger charge is -2.11. The van der Waals surface area contributed by atoms with Crippen LogP contribution in [0.15, 0.2) is 59.9 Å². The quantitative estimate of drug-likeness (QED) is 0.667. The standard InChI is InChI=1S/C20H21FO2/c1-2-22-20(17-8-9-17)12-16-10-18(21)13-19(11-16)23-14-15-6-4-3-5-7-15/h3-7,10-11,13H,2,8-9,12,14H2,1H3. The Kier molecular flexibility index (Phi) is 4.96. The van der Waals surface area contributed by atoms with Gasteiger partial charge in [-0.25, -0.2) is 4.39 Å². The predicted molar refractivity (Wildman–Crippen MR) is 88.8 cm³/mol. The van der Waals surface area contributed by atoms with Gasteiger partial charge in [0.05, 0.1) is 12.4 Å². The first-order valence-electron chi connectivity index (χ1n) is 8.04. The van der Waals surface area contributed by atoms with Gasteiger partial charge < -0.3 is 9.47 Å². The number of rotatable bonds is 7. The van der Waals surface area contributed by atoms with Crippen molar-refractivity contribution in [3.05, 3.63) is 76.8 Å². The van der Waals surface area contributed by atoms with Crippen molar-refractivity contribution >= 4 is 0 Å². The minimum atomic E-state index is -0.276. The zero-order valence-corrected chi connectivity index (χ0v) is 13.3. The molecule has 0 heterocycles. The van der Waals surface area contributed by atoms with Crippen LogP contribution in [-0.2, 0) is 17.8 Å². The summed E-state index contributed by atoms with van der Waals surface area (Å²) in [7, 11) is 0. The molecule has 2 nitrogen and oxygen atoms in total. The molecule has 120 valence electrons. The molecular formula is C20H21FO2. The van der Waals surface area contributed by atoms with Crippen LogP contribution in [0.4, 0.5) is 4.39 Å². The molecule has 0 aromatic heterocycles. The van der Waals surface area contributed by atoms with Crippen LogP contribution in [0, 0.1) is 5.82 Å². The summed E-state index contributed by atoms with van der Waals surface area (Å²) in [6.45, 7) is 3.05. The maximum absolute atomic E-state index is 13.9. The number of allylic oxidation sites excluding steroid dienone is 2. The average Bonchev–Trinajstić information content (AvgIpc) is 3.38. The zero-order valence-electron chi connectivity index (χ0n) is 13.3. The van der Waals surface area contributed by atoms with E-state index in [0.29, 0.717) is 25.4 Å². The van der Waals surface area contributed by atoms with Gasteiger partial charge in [-0.05, 0) is 48.6 Å². The normalized spacial score (nSPS) is 12.9. The molecular weight excluding hydrogens is 291 g/mol. The van der Waals surface area contributed by atoms with Gasteiger partial charge in [-0.15, -0.1) is 0 Å². The van der Waals surface area contributed by atoms with Crippen LogP contribution in [0.3, 0.4) is 0 Å². The van der Waals surface area contributed by atoms with Gasteiger partial charge in [0.15, 0.2) is 0 Å². The maximum atomic E-state index is 13.9. The Morgan fingerprint density at radius 1 is 1.04 bits per heavy atom. The van der Waals surface area contributed by atoms with E-state index >= 15 is 0 Å². The largest absolute Gasteiger partial charge is 0.498 e. The molecule has 3 rings (SSSR count). The van der Waals surface area contributed by atoms with Crippen LogP contribution < -0.4 is 4.74 Å². The molecule has 0 radical (unpaired) electrons. The second kappa shape index (κ2) is 7.32. The van der Waals surface area contributed by atoms with Crippen molar-refractivity contribution in [2.45, 2.75) is 32.8 Å². The van der Waals surface area contributed by atoms with E-state index in [9.17, 15) is 4.39 Å². The summed E-state index contributed by atoms with van der Waals surface area (Å²) in [6.07, 6.45) is 2.83. The van der Waals surface area contributed by atoms with E-state index in [1.54, 1.807) is 6.07 Å². The smallest absolute Gasteiger partial charge is 0.127 e. The van der Waals surface area contributed by atoms with Crippen molar-refractivity contribution < 1.29 is 13.9 Å². The van der Waals surface area contributed by atoms with Crippen molar-refractivity contribution in [2.75, 3.05) is 6.61 Å². The van der Waals surface area contributed by atoms with Gasteiger partial charge in [0.2, 0.25) is 0 Å². The van der Waals surface area contributed by atoms with Crippen LogP contribution in [-0.4, -0.2) is 6.61 Å². The predicted octanol–water partition coefficient (Wildman–Crippen LogP) is 5.03. The molecule has 2 aromatic carbocycles. The number of halogens is 1. The van der Waals surface area contributed by atoms with Crippen LogP contribution >= 0.6 is 0 Å². The van der Waals surface area contributed by atoms with Gasteiger partial charge in [-0.3, -0.25) is 0 Å². The lowest BCUT2D eigenvalue weighted by molar-refractivity contribution is 0.221. The molecule has 0 saturated heterocycles. The van der Waals surface area contributed by atoms with E-state index in [1.165, 1.54) is 11.6 Å². The lowest BCUT2D eigenvalue weighted by Crippen LogP contribution is -2.00. The number of benzene rings is 2. The van der Waals surface area contributed by atoms with Crippen LogP contribution in [0.25, 0.3) is 0 Å². The molecule has 0 atom stereocenters. The van der Waals surface area contributed by atoms with E-state index in [0.717, 1.165) is 29.7 Å². The Balaban J connectivity index is 1.70. The minimum absolute atomic E-state index is 0.276. The number of hydrogen-bond donors (Lipinski definition) is 0. The van der Waals surface area contributed by atoms with E-state index in [1.807, 2.05) is 43.3 Å². The number of hydrogen-bond acceptors (Lipinski definition) is 2. The Hall–Kier alpha value is -2.29. The SMILES string of the molecule is CCOC(Cc1cc(F)cc(OCc2ccccc2)c1)=C1CC1. The van der Waals surface area contributed by atoms with E-state index < -0.39 is 0 Å². The highest BCUT2D eigenvalue weighted by molar-refractivity contribution is 5.34. The van der Waals surface area contributed by atoms with E-state index in [-0.39, 0.29) is 5.82 Å². The van der Waals surface area contributed by atoms with Crippen LogP contribution in [0.5, 0.6) is 5.75 Å². The van der Waals surface area contributed by atoms with E-state index in [2.05, 4.69) is 0 Å². The monoisotopic (exact) mass is 312 g/mol. The maximum Gasteiger partial charge on any atom is 0.127 e. The van der Waals surface area contributed by atoms with Crippen molar-refractivity contribution in [2.24, 2.45) is 0 Å². The number of ether oxygens (including phenoxy) is 2. The highest BCUT2D eigenvalue weighted by Gasteiger charge is 2.19. The third-order valence-electron chi connectivity index (χ3n) is 3.76. The van der Waals surface area contributed by atoms with Gasteiger partial charge in [0.1, 0.15) is 18.2 Å². The summed E-state index contributed by atoms with van der Waals surface area (Å²) >= 11 is 0. The van der Waals surface area contributed by atoms with E-state index in [4.69, 9.17) is 9.47 Å². The third-order valence-corrected chi connectivity index (χ3v) is 3.76. The van der Waals surface area contributed by atoms with Gasteiger partial charge >= 0.3 is 0 Å². The van der Waals surface area contributed by atoms with Crippen molar-refractivity contribution in [1.29, 1.82) is 0 Å². The fraction of sp³-hybridized carbons (Fsp3) is 0.300. The molecule has 1 aliphatic rings. The second-order valence-electron chi connectivity index (χ2n) is 5.71. The molecule has 2 aromatic rings. The fourth-order valence-corrected chi connectivity index (χ4v) is 2.53. The van der Waals surface area contributed by atoms with Gasteiger partial charge in [-0.2, -0.15) is 0 Å². The van der Waals surface area contributed by atoms with Crippen LogP contribution in [0.2, 0.25) is 0 Å². The van der Waals surface area contributed by atoms with Crippen molar-refractivity contribution in [1.82, 2.24) is 0 Å². The molecule has 0 bridgehead atoms. The highest BCUT2D eigenvalue weighted by atomic mass is 19.1. The molecule has 3 heteroatoms. The minimum Gasteiger partial charge on any atom is -0.498 e. The molecule has 0 spiro atoms. The molecule has 1 fully saturated rings. The molecule has 0 N–H and O–H groups in total. The summed E-state index contributed by atoms with van der Waals surface area (Å²) in [6, 6.07) is 14.8. The zero-order chi connectivity index (χ0) is 16.1. The summed E-state index contributed by atoms with van der Waals surface area (Å²) < 4.78 is 25.3. The Labute approximate surface area is 136 Å². The Morgan fingerprint density at radius 2 is 1.83 bits per heavy atom. The van der Waals surface area contributed by atoms with Gasteiger partial charge in [0, 0.05) is 12.5 Å². The molecule has 0 unspecified atom stereocenters. The molecule has 1 aliphatic carbocycles. The van der Waals surface area contributed by atoms with Gasteiger partial charge in [0.25, 0.3) is 0 Å². The topological polar surface area (TPSA) is 18.5 Å². The molecule has 1 saturated carbocycles. The highest BCUT2D eigenvalue weighted by Crippen LogP contribution is 2.34. The summed E-state index contributed by atoms with van der Waals surface area (Å²) in [5.41, 5.74) is 3.30. The van der Waals surface area contributed by atoms with Crippen molar-refractivity contribution in [3.8, 4) is 5.75 Å². The van der Waals surface area contributed by atoms with Gasteiger partial charge in [-0.1, -0.05) is 30.3 Å². The first kappa shape index (κ1) is 15.6.